The van der Waals surface area contributed by atoms with Crippen molar-refractivity contribution >= 4 is 5.97 Å². The fourth-order valence-electron chi connectivity index (χ4n) is 2.59. The summed E-state index contributed by atoms with van der Waals surface area (Å²) in [4.78, 5) is 11.2. The maximum atomic E-state index is 11.2. The number of carboxylic acids is 1. The number of rotatable bonds is 15. The summed E-state index contributed by atoms with van der Waals surface area (Å²) in [6.07, 6.45) is 6.97. The lowest BCUT2D eigenvalue weighted by Gasteiger charge is -2.42. The van der Waals surface area contributed by atoms with Crippen LogP contribution in [0.1, 0.15) is 52.4 Å². The van der Waals surface area contributed by atoms with Crippen LogP contribution in [-0.2, 0) is 9.53 Å². The molecule has 0 fully saturated rings. The van der Waals surface area contributed by atoms with Gasteiger partial charge >= 0.3 is 0 Å². The van der Waals surface area contributed by atoms with Gasteiger partial charge < -0.3 is 24.9 Å². The maximum Gasteiger partial charge on any atom is 0.183 e. The van der Waals surface area contributed by atoms with Gasteiger partial charge in [-0.1, -0.05) is 39.0 Å². The molecule has 1 atom stereocenters. The first kappa shape index (κ1) is 21.3. The van der Waals surface area contributed by atoms with Gasteiger partial charge in [0.05, 0.1) is 25.8 Å². The average molecular weight is 319 g/mol. The van der Waals surface area contributed by atoms with Gasteiger partial charge in [-0.2, -0.15) is 0 Å². The average Bonchev–Trinajstić information content (AvgIpc) is 2.49. The third-order valence-corrected chi connectivity index (χ3v) is 4.24. The van der Waals surface area contributed by atoms with E-state index in [9.17, 15) is 20.1 Å². The largest absolute Gasteiger partial charge is 0.544 e. The Morgan fingerprint density at radius 2 is 1.64 bits per heavy atom. The lowest BCUT2D eigenvalue weighted by Crippen LogP contribution is -2.63. The highest BCUT2D eigenvalue weighted by Crippen LogP contribution is 2.14. The molecule has 2 N–H and O–H groups in total. The summed E-state index contributed by atoms with van der Waals surface area (Å²) >= 11 is 0. The number of hydrogen-bond acceptors (Lipinski definition) is 5. The molecule has 132 valence electrons. The monoisotopic (exact) mass is 319 g/mol. The molecule has 0 radical (unpaired) electrons. The summed E-state index contributed by atoms with van der Waals surface area (Å²) in [7, 11) is 0. The molecule has 0 saturated carbocycles. The van der Waals surface area contributed by atoms with E-state index in [4.69, 9.17) is 4.74 Å². The third kappa shape index (κ3) is 8.08. The second kappa shape index (κ2) is 12.8. The first-order valence-corrected chi connectivity index (χ1v) is 8.40. The summed E-state index contributed by atoms with van der Waals surface area (Å²) in [6, 6.07) is -0.830. The van der Waals surface area contributed by atoms with Crippen LogP contribution in [-0.4, -0.2) is 66.3 Å². The van der Waals surface area contributed by atoms with Crippen LogP contribution in [0.25, 0.3) is 0 Å². The first-order chi connectivity index (χ1) is 10.5. The SMILES string of the molecule is CCCCCCCCOC[N+](CCO)(CCO)C(C)C(=O)[O-]. The van der Waals surface area contributed by atoms with Crippen molar-refractivity contribution < 1.29 is 29.3 Å². The molecule has 1 unspecified atom stereocenters. The Labute approximate surface area is 134 Å². The molecule has 0 aromatic rings. The molecule has 0 spiro atoms. The van der Waals surface area contributed by atoms with Crippen LogP contribution in [0.5, 0.6) is 0 Å². The van der Waals surface area contributed by atoms with Crippen molar-refractivity contribution in [2.45, 2.75) is 58.4 Å². The van der Waals surface area contributed by atoms with Crippen LogP contribution < -0.4 is 5.11 Å². The number of carboxylic acid groups (broad SMARTS) is 1. The molecule has 0 aliphatic heterocycles. The van der Waals surface area contributed by atoms with Crippen molar-refractivity contribution in [1.29, 1.82) is 0 Å². The predicted octanol–water partition coefficient (Wildman–Crippen LogP) is 0.261. The fourth-order valence-corrected chi connectivity index (χ4v) is 2.59. The Bertz CT molecular complexity index is 280. The van der Waals surface area contributed by atoms with Gasteiger partial charge in [0.1, 0.15) is 19.1 Å². The van der Waals surface area contributed by atoms with Gasteiger partial charge in [-0.05, 0) is 13.3 Å². The van der Waals surface area contributed by atoms with Gasteiger partial charge in [0.25, 0.3) is 0 Å². The van der Waals surface area contributed by atoms with E-state index >= 15 is 0 Å². The molecule has 0 aromatic heterocycles. The van der Waals surface area contributed by atoms with Crippen LogP contribution in [0, 0.1) is 0 Å². The highest BCUT2D eigenvalue weighted by atomic mass is 16.5. The zero-order valence-electron chi connectivity index (χ0n) is 14.1. The van der Waals surface area contributed by atoms with E-state index < -0.39 is 12.0 Å². The van der Waals surface area contributed by atoms with E-state index in [0.717, 1.165) is 12.8 Å². The summed E-state index contributed by atoms with van der Waals surface area (Å²) < 4.78 is 5.63. The number of nitrogens with zero attached hydrogens (tertiary/aromatic N) is 1. The van der Waals surface area contributed by atoms with Crippen molar-refractivity contribution in [1.82, 2.24) is 0 Å². The minimum Gasteiger partial charge on any atom is -0.544 e. The summed E-state index contributed by atoms with van der Waals surface area (Å²) in [5, 5.41) is 29.6. The lowest BCUT2D eigenvalue weighted by atomic mass is 10.1. The molecular formula is C16H33NO5. The standard InChI is InChI=1S/C16H33NO5/c1-3-4-5-6-7-8-13-22-14-17(9-11-18,10-12-19)15(2)16(20)21/h15,18-19H,3-14H2,1-2H3. The first-order valence-electron chi connectivity index (χ1n) is 8.40. The number of aliphatic hydroxyl groups is 2. The van der Waals surface area contributed by atoms with Gasteiger partial charge in [-0.15, -0.1) is 0 Å². The number of carbonyl (C=O) groups excluding carboxylic acids is 1. The zero-order chi connectivity index (χ0) is 16.8. The topological polar surface area (TPSA) is 89.8 Å². The van der Waals surface area contributed by atoms with Crippen LogP contribution in [0.15, 0.2) is 0 Å². The second-order valence-electron chi connectivity index (χ2n) is 5.91. The summed E-state index contributed by atoms with van der Waals surface area (Å²) in [5.41, 5.74) is 0. The van der Waals surface area contributed by atoms with Gasteiger partial charge in [0, 0.05) is 0 Å². The second-order valence-corrected chi connectivity index (χ2v) is 5.91. The summed E-state index contributed by atoms with van der Waals surface area (Å²) in [6.45, 7) is 4.61. The van der Waals surface area contributed by atoms with Crippen molar-refractivity contribution in [3.8, 4) is 0 Å². The molecule has 0 amide bonds. The summed E-state index contributed by atoms with van der Waals surface area (Å²) in [5.74, 6) is -1.19. The molecule has 0 bridgehead atoms. The molecular weight excluding hydrogens is 286 g/mol. The molecule has 0 heterocycles. The van der Waals surface area contributed by atoms with Crippen LogP contribution in [0.2, 0.25) is 0 Å². The Morgan fingerprint density at radius 3 is 2.14 bits per heavy atom. The number of ether oxygens (including phenoxy) is 1. The van der Waals surface area contributed by atoms with E-state index in [0.29, 0.717) is 6.61 Å². The van der Waals surface area contributed by atoms with Crippen molar-refractivity contribution in [3.05, 3.63) is 0 Å². The molecule has 0 aromatic carbocycles. The maximum absolute atomic E-state index is 11.2. The Balaban J connectivity index is 4.25. The Kier molecular flexibility index (Phi) is 12.4. The van der Waals surface area contributed by atoms with Gasteiger partial charge in [0.2, 0.25) is 0 Å². The molecule has 0 rings (SSSR count). The number of aliphatic hydroxyl groups excluding tert-OH is 2. The molecule has 6 heteroatoms. The number of aliphatic carboxylic acids is 1. The molecule has 6 nitrogen and oxygen atoms in total. The van der Waals surface area contributed by atoms with Gasteiger partial charge in [-0.3, -0.25) is 4.48 Å². The Hall–Kier alpha value is -0.690. The lowest BCUT2D eigenvalue weighted by molar-refractivity contribution is -0.960. The fraction of sp³-hybridized carbons (Fsp3) is 0.938. The molecule has 0 aliphatic carbocycles. The van der Waals surface area contributed by atoms with E-state index in [1.165, 1.54) is 32.6 Å². The normalized spacial score (nSPS) is 13.3. The minimum absolute atomic E-state index is 0.00876. The van der Waals surface area contributed by atoms with Crippen molar-refractivity contribution in [2.24, 2.45) is 0 Å². The van der Waals surface area contributed by atoms with Crippen molar-refractivity contribution in [2.75, 3.05) is 39.6 Å². The third-order valence-electron chi connectivity index (χ3n) is 4.24. The smallest absolute Gasteiger partial charge is 0.183 e. The minimum atomic E-state index is -1.19. The molecule has 0 saturated heterocycles. The number of quaternary nitrogens is 1. The van der Waals surface area contributed by atoms with Gasteiger partial charge in [-0.25, -0.2) is 0 Å². The molecule has 0 aliphatic rings. The Morgan fingerprint density at radius 1 is 1.09 bits per heavy atom. The quantitative estimate of drug-likeness (QED) is 0.257. The predicted molar refractivity (Wildman–Crippen MR) is 82.8 cm³/mol. The number of hydrogen-bond donors (Lipinski definition) is 2. The van der Waals surface area contributed by atoms with E-state index in [1.54, 1.807) is 0 Å². The van der Waals surface area contributed by atoms with Crippen LogP contribution in [0.3, 0.4) is 0 Å². The van der Waals surface area contributed by atoms with Crippen LogP contribution in [0.4, 0.5) is 0 Å². The van der Waals surface area contributed by atoms with E-state index in [2.05, 4.69) is 6.92 Å². The molecule has 22 heavy (non-hydrogen) atoms. The highest BCUT2D eigenvalue weighted by Gasteiger charge is 2.34. The van der Waals surface area contributed by atoms with Gasteiger partial charge in [0.15, 0.2) is 6.73 Å². The number of carbonyl (C=O) groups is 1. The highest BCUT2D eigenvalue weighted by molar-refractivity contribution is 5.69. The number of unbranched alkanes of at least 4 members (excludes halogenated alkanes) is 5. The zero-order valence-corrected chi connectivity index (χ0v) is 14.1. The van der Waals surface area contributed by atoms with E-state index in [1.807, 2.05) is 0 Å². The van der Waals surface area contributed by atoms with E-state index in [-0.39, 0.29) is 37.5 Å². The van der Waals surface area contributed by atoms with Crippen molar-refractivity contribution in [3.63, 3.8) is 0 Å². The van der Waals surface area contributed by atoms with Crippen LogP contribution >= 0.6 is 0 Å².